The Morgan fingerprint density at radius 3 is 2.41 bits per heavy atom. The van der Waals surface area contributed by atoms with Crippen LogP contribution in [0.5, 0.6) is 5.88 Å². The fraction of sp³-hybridized carbons (Fsp3) is 0.296. The summed E-state index contributed by atoms with van der Waals surface area (Å²) in [7, 11) is 1.59. The average molecular weight is 460 g/mol. The van der Waals surface area contributed by atoms with Crippen LogP contribution in [0.2, 0.25) is 0 Å². The van der Waals surface area contributed by atoms with E-state index in [1.165, 1.54) is 0 Å². The van der Waals surface area contributed by atoms with Crippen LogP contribution in [0.4, 0.5) is 4.79 Å². The van der Waals surface area contributed by atoms with Gasteiger partial charge in [-0.2, -0.15) is 0 Å². The van der Waals surface area contributed by atoms with Gasteiger partial charge in [-0.25, -0.2) is 9.78 Å². The van der Waals surface area contributed by atoms with Gasteiger partial charge in [-0.05, 0) is 29.7 Å². The molecule has 0 bridgehead atoms. The normalized spacial score (nSPS) is 18.8. The van der Waals surface area contributed by atoms with Crippen LogP contribution in [0.25, 0.3) is 11.1 Å². The molecule has 1 aliphatic heterocycles. The van der Waals surface area contributed by atoms with E-state index in [0.29, 0.717) is 25.3 Å². The van der Waals surface area contributed by atoms with Crippen molar-refractivity contribution in [2.75, 3.05) is 13.7 Å². The quantitative estimate of drug-likeness (QED) is 0.521. The molecule has 1 aliphatic rings. The molecule has 4 rings (SSSR count). The number of carbonyl (C=O) groups is 2. The molecule has 1 aromatic heterocycles. The Bertz CT molecular complexity index is 1130. The molecule has 2 aromatic carbocycles. The number of hydrogen-bond donors (Lipinski definition) is 1. The van der Waals surface area contributed by atoms with Gasteiger partial charge in [0, 0.05) is 43.6 Å². The van der Waals surface area contributed by atoms with Crippen molar-refractivity contribution in [2.24, 2.45) is 5.73 Å². The predicted octanol–water partition coefficient (Wildman–Crippen LogP) is 4.82. The molecule has 0 spiro atoms. The van der Waals surface area contributed by atoms with E-state index in [0.717, 1.165) is 22.3 Å². The maximum absolute atomic E-state index is 13.2. The van der Waals surface area contributed by atoms with Crippen LogP contribution < -0.4 is 10.5 Å². The summed E-state index contributed by atoms with van der Waals surface area (Å²) in [6.07, 6.45) is 2.48. The minimum atomic E-state index is -0.852. The van der Waals surface area contributed by atoms with Gasteiger partial charge in [-0.3, -0.25) is 4.79 Å². The van der Waals surface area contributed by atoms with E-state index in [2.05, 4.69) is 4.98 Å². The zero-order valence-electron chi connectivity index (χ0n) is 19.4. The van der Waals surface area contributed by atoms with Gasteiger partial charge in [0.15, 0.2) is 0 Å². The van der Waals surface area contributed by atoms with Crippen molar-refractivity contribution in [3.8, 4) is 17.0 Å². The van der Waals surface area contributed by atoms with Crippen molar-refractivity contribution in [3.63, 3.8) is 0 Å². The first-order valence-corrected chi connectivity index (χ1v) is 11.4. The number of aromatic nitrogens is 1. The number of carbonyl (C=O) groups excluding carboxylic acids is 2. The predicted molar refractivity (Wildman–Crippen MR) is 129 cm³/mol. The monoisotopic (exact) mass is 459 g/mol. The summed E-state index contributed by atoms with van der Waals surface area (Å²) in [5.41, 5.74) is 8.45. The molecule has 0 aliphatic carbocycles. The van der Waals surface area contributed by atoms with Crippen molar-refractivity contribution >= 4 is 12.0 Å². The number of pyridine rings is 1. The molecule has 2 atom stereocenters. The summed E-state index contributed by atoms with van der Waals surface area (Å²) in [4.78, 5) is 30.6. The van der Waals surface area contributed by atoms with Crippen LogP contribution in [-0.4, -0.2) is 35.5 Å². The first-order chi connectivity index (χ1) is 16.4. The Morgan fingerprint density at radius 2 is 1.82 bits per heavy atom. The second-order valence-electron chi connectivity index (χ2n) is 8.53. The van der Waals surface area contributed by atoms with Crippen LogP contribution in [0.1, 0.15) is 43.4 Å². The van der Waals surface area contributed by atoms with Gasteiger partial charge in [-0.15, -0.1) is 0 Å². The average Bonchev–Trinajstić information content (AvgIpc) is 2.88. The Kier molecular flexibility index (Phi) is 6.82. The summed E-state index contributed by atoms with van der Waals surface area (Å²) in [5.74, 6) is 0.161. The number of ether oxygens (including phenoxy) is 2. The second kappa shape index (κ2) is 9.95. The highest BCUT2D eigenvalue weighted by molar-refractivity contribution is 5.74. The fourth-order valence-corrected chi connectivity index (χ4v) is 4.42. The van der Waals surface area contributed by atoms with E-state index < -0.39 is 17.6 Å². The molecule has 176 valence electrons. The number of amides is 2. The lowest BCUT2D eigenvalue weighted by atomic mass is 9.84. The third kappa shape index (κ3) is 4.88. The number of rotatable bonds is 8. The Hall–Kier alpha value is -3.87. The summed E-state index contributed by atoms with van der Waals surface area (Å²) in [6.45, 7) is 2.50. The molecule has 0 saturated carbocycles. The smallest absolute Gasteiger partial charge is 0.411 e. The Morgan fingerprint density at radius 1 is 1.12 bits per heavy atom. The highest BCUT2D eigenvalue weighted by Gasteiger charge is 2.43. The number of benzene rings is 2. The summed E-state index contributed by atoms with van der Waals surface area (Å²) >= 11 is 0. The van der Waals surface area contributed by atoms with Crippen molar-refractivity contribution in [2.45, 2.75) is 37.8 Å². The lowest BCUT2D eigenvalue weighted by Gasteiger charge is -2.43. The van der Waals surface area contributed by atoms with Crippen LogP contribution in [0, 0.1) is 0 Å². The zero-order valence-corrected chi connectivity index (χ0v) is 19.4. The van der Waals surface area contributed by atoms with Gasteiger partial charge < -0.3 is 20.1 Å². The Balaban J connectivity index is 1.49. The largest absolute Gasteiger partial charge is 0.481 e. The topological polar surface area (TPSA) is 94.8 Å². The van der Waals surface area contributed by atoms with E-state index in [9.17, 15) is 9.59 Å². The number of cyclic esters (lactones) is 1. The summed E-state index contributed by atoms with van der Waals surface area (Å²) in [6, 6.07) is 21.3. The number of hydrogen-bond acceptors (Lipinski definition) is 5. The first-order valence-electron chi connectivity index (χ1n) is 11.4. The van der Waals surface area contributed by atoms with E-state index >= 15 is 0 Å². The summed E-state index contributed by atoms with van der Waals surface area (Å²) in [5, 5.41) is 0. The van der Waals surface area contributed by atoms with Crippen molar-refractivity contribution < 1.29 is 19.1 Å². The van der Waals surface area contributed by atoms with Crippen molar-refractivity contribution in [1.29, 1.82) is 0 Å². The molecule has 2 unspecified atom stereocenters. The molecule has 7 heteroatoms. The number of nitrogens with zero attached hydrogens (tertiary/aromatic N) is 2. The molecule has 3 aromatic rings. The molecule has 0 radical (unpaired) electrons. The fourth-order valence-electron chi connectivity index (χ4n) is 4.42. The molecule has 1 fully saturated rings. The molecular formula is C27H29N3O4. The molecule has 34 heavy (non-hydrogen) atoms. The highest BCUT2D eigenvalue weighted by Crippen LogP contribution is 2.40. The van der Waals surface area contributed by atoms with Gasteiger partial charge in [0.2, 0.25) is 11.8 Å². The van der Waals surface area contributed by atoms with Gasteiger partial charge >= 0.3 is 6.09 Å². The molecule has 1 saturated heterocycles. The van der Waals surface area contributed by atoms with Gasteiger partial charge in [-0.1, -0.05) is 54.6 Å². The van der Waals surface area contributed by atoms with Gasteiger partial charge in [0.05, 0.1) is 13.2 Å². The van der Waals surface area contributed by atoms with E-state index in [-0.39, 0.29) is 12.5 Å². The van der Waals surface area contributed by atoms with E-state index in [1.54, 1.807) is 18.2 Å². The second-order valence-corrected chi connectivity index (χ2v) is 8.53. The SMILES string of the molecule is COc1ccc(-c2ccc(C(C)N3CCC(CCC(N)=O)(c4ccccc4)OC3=O)cc2)cn1. The standard InChI is InChI=1S/C27H29N3O4/c1-19(20-8-10-21(11-9-20)22-12-13-25(33-2)29-18-22)30-17-16-27(34-26(30)32,15-14-24(28)31)23-6-4-3-5-7-23/h3-13,18-19H,14-17H2,1-2H3,(H2,28,31). The van der Waals surface area contributed by atoms with Crippen molar-refractivity contribution in [1.82, 2.24) is 9.88 Å². The molecule has 2 amide bonds. The summed E-state index contributed by atoms with van der Waals surface area (Å²) < 4.78 is 11.2. The van der Waals surface area contributed by atoms with E-state index in [1.807, 2.05) is 73.7 Å². The number of methoxy groups -OCH3 is 1. The Labute approximate surface area is 199 Å². The van der Waals surface area contributed by atoms with Crippen LogP contribution in [0.15, 0.2) is 72.9 Å². The van der Waals surface area contributed by atoms with Gasteiger partial charge in [0.25, 0.3) is 0 Å². The van der Waals surface area contributed by atoms with E-state index in [4.69, 9.17) is 15.2 Å². The van der Waals surface area contributed by atoms with Crippen LogP contribution in [0.3, 0.4) is 0 Å². The maximum Gasteiger partial charge on any atom is 0.411 e. The third-order valence-corrected chi connectivity index (χ3v) is 6.49. The lowest BCUT2D eigenvalue weighted by Crippen LogP contribution is -2.49. The highest BCUT2D eigenvalue weighted by atomic mass is 16.6. The van der Waals surface area contributed by atoms with Crippen LogP contribution in [-0.2, 0) is 15.1 Å². The third-order valence-electron chi connectivity index (χ3n) is 6.49. The number of nitrogens with two attached hydrogens (primary N) is 1. The zero-order chi connectivity index (χ0) is 24.1. The molecule has 2 N–H and O–H groups in total. The maximum atomic E-state index is 13.2. The lowest BCUT2D eigenvalue weighted by molar-refractivity contribution is -0.121. The number of primary amides is 1. The molecule has 7 nitrogen and oxygen atoms in total. The molecule has 2 heterocycles. The minimum absolute atomic E-state index is 0.152. The van der Waals surface area contributed by atoms with Crippen LogP contribution >= 0.6 is 0 Å². The van der Waals surface area contributed by atoms with Gasteiger partial charge in [0.1, 0.15) is 5.60 Å². The first kappa shape index (κ1) is 23.3. The van der Waals surface area contributed by atoms with Crippen molar-refractivity contribution in [3.05, 3.63) is 84.1 Å². The minimum Gasteiger partial charge on any atom is -0.481 e. The molecular weight excluding hydrogens is 430 g/mol.